The molecule has 0 radical (unpaired) electrons. The highest BCUT2D eigenvalue weighted by Gasteiger charge is 2.22. The minimum absolute atomic E-state index is 0.0116. The lowest BCUT2D eigenvalue weighted by Crippen LogP contribution is -2.40. The lowest BCUT2D eigenvalue weighted by Gasteiger charge is -2.27. The minimum atomic E-state index is 0.0116. The van der Waals surface area contributed by atoms with Gasteiger partial charge in [0.2, 0.25) is 0 Å². The van der Waals surface area contributed by atoms with Crippen molar-refractivity contribution >= 4 is 22.2 Å². The first-order valence-electron chi connectivity index (χ1n) is 9.68. The van der Waals surface area contributed by atoms with Crippen molar-refractivity contribution in [2.45, 2.75) is 0 Å². The van der Waals surface area contributed by atoms with E-state index in [0.29, 0.717) is 37.4 Å². The number of morpholine rings is 1. The molecule has 0 aliphatic carbocycles. The first-order chi connectivity index (χ1) is 14.7. The smallest absolute Gasteiger partial charge is 0.254 e. The highest BCUT2D eigenvalue weighted by molar-refractivity contribution is 7.15. The van der Waals surface area contributed by atoms with Crippen LogP contribution < -0.4 is 0 Å². The van der Waals surface area contributed by atoms with Gasteiger partial charge in [-0.3, -0.25) is 9.20 Å². The number of amides is 1. The predicted octanol–water partition coefficient (Wildman–Crippen LogP) is 4.07. The van der Waals surface area contributed by atoms with E-state index in [9.17, 15) is 4.79 Å². The van der Waals surface area contributed by atoms with E-state index in [2.05, 4.69) is 11.4 Å². The van der Waals surface area contributed by atoms with Crippen molar-refractivity contribution in [2.75, 3.05) is 26.3 Å². The third-order valence-corrected chi connectivity index (χ3v) is 6.09. The predicted molar refractivity (Wildman–Crippen MR) is 115 cm³/mol. The molecule has 3 heterocycles. The molecule has 5 rings (SSSR count). The zero-order valence-electron chi connectivity index (χ0n) is 16.1. The van der Waals surface area contributed by atoms with E-state index in [1.165, 1.54) is 0 Å². The van der Waals surface area contributed by atoms with Crippen molar-refractivity contribution in [1.29, 1.82) is 5.26 Å². The van der Waals surface area contributed by atoms with E-state index in [4.69, 9.17) is 15.0 Å². The van der Waals surface area contributed by atoms with Crippen molar-refractivity contribution in [2.24, 2.45) is 0 Å². The Kier molecular flexibility index (Phi) is 4.79. The third kappa shape index (κ3) is 3.26. The molecule has 0 spiro atoms. The summed E-state index contributed by atoms with van der Waals surface area (Å²) in [5.74, 6) is 0.0116. The second-order valence-corrected chi connectivity index (χ2v) is 7.88. The summed E-state index contributed by atoms with van der Waals surface area (Å²) in [6, 6.07) is 17.3. The Bertz CT molecular complexity index is 1260. The van der Waals surface area contributed by atoms with Crippen molar-refractivity contribution < 1.29 is 9.53 Å². The number of aromatic nitrogens is 2. The second-order valence-electron chi connectivity index (χ2n) is 7.04. The summed E-state index contributed by atoms with van der Waals surface area (Å²) in [5, 5.41) is 11.1. The van der Waals surface area contributed by atoms with Crippen LogP contribution in [0.2, 0.25) is 0 Å². The molecular formula is C23H18N4O2S. The van der Waals surface area contributed by atoms with Crippen LogP contribution in [-0.2, 0) is 4.74 Å². The number of hydrogen-bond donors (Lipinski definition) is 0. The maximum atomic E-state index is 13.1. The van der Waals surface area contributed by atoms with E-state index in [1.807, 2.05) is 64.0 Å². The van der Waals surface area contributed by atoms with Gasteiger partial charge in [-0.05, 0) is 23.8 Å². The fourth-order valence-electron chi connectivity index (χ4n) is 3.67. The summed E-state index contributed by atoms with van der Waals surface area (Å²) in [6.07, 6.45) is 1.98. The fraction of sp³-hybridized carbons (Fsp3) is 0.174. The highest BCUT2D eigenvalue weighted by atomic mass is 32.1. The summed E-state index contributed by atoms with van der Waals surface area (Å²) in [6.45, 7) is 2.35. The normalized spacial score (nSPS) is 14.0. The van der Waals surface area contributed by atoms with Crippen molar-refractivity contribution in [3.05, 3.63) is 71.2 Å². The van der Waals surface area contributed by atoms with Gasteiger partial charge in [-0.15, -0.1) is 11.3 Å². The van der Waals surface area contributed by atoms with Crippen molar-refractivity contribution in [3.63, 3.8) is 0 Å². The molecule has 0 bridgehead atoms. The van der Waals surface area contributed by atoms with Crippen molar-refractivity contribution in [1.82, 2.24) is 14.3 Å². The number of benzene rings is 2. The number of hydrogen-bond acceptors (Lipinski definition) is 5. The number of rotatable bonds is 3. The molecule has 1 aliphatic rings. The van der Waals surface area contributed by atoms with Gasteiger partial charge < -0.3 is 9.64 Å². The van der Waals surface area contributed by atoms with Crippen LogP contribution in [0.1, 0.15) is 15.9 Å². The molecule has 0 atom stereocenters. The van der Waals surface area contributed by atoms with Crippen LogP contribution in [0.5, 0.6) is 0 Å². The summed E-state index contributed by atoms with van der Waals surface area (Å²) in [7, 11) is 0. The Morgan fingerprint density at radius 1 is 1.10 bits per heavy atom. The number of thiazole rings is 1. The van der Waals surface area contributed by atoms with Gasteiger partial charge in [0.1, 0.15) is 0 Å². The molecule has 30 heavy (non-hydrogen) atoms. The quantitative estimate of drug-likeness (QED) is 0.507. The zero-order valence-corrected chi connectivity index (χ0v) is 16.9. The Hall–Kier alpha value is -3.47. The number of carbonyl (C=O) groups is 1. The molecule has 7 heteroatoms. The molecule has 1 fully saturated rings. The number of imidazole rings is 1. The first-order valence-corrected chi connectivity index (χ1v) is 10.6. The van der Waals surface area contributed by atoms with Gasteiger partial charge >= 0.3 is 0 Å². The van der Waals surface area contributed by atoms with Gasteiger partial charge in [-0.2, -0.15) is 5.26 Å². The van der Waals surface area contributed by atoms with E-state index < -0.39 is 0 Å². The van der Waals surface area contributed by atoms with Gasteiger partial charge in [0.05, 0.1) is 36.2 Å². The highest BCUT2D eigenvalue weighted by Crippen LogP contribution is 2.31. The average Bonchev–Trinajstić information content (AvgIpc) is 3.40. The lowest BCUT2D eigenvalue weighted by atomic mass is 10.0. The molecule has 0 N–H and O–H groups in total. The zero-order chi connectivity index (χ0) is 20.5. The minimum Gasteiger partial charge on any atom is -0.378 e. The summed E-state index contributed by atoms with van der Waals surface area (Å²) in [4.78, 5) is 20.6. The topological polar surface area (TPSA) is 70.6 Å². The molecule has 1 aliphatic heterocycles. The molecule has 4 aromatic rings. The molecule has 6 nitrogen and oxygen atoms in total. The first kappa shape index (κ1) is 18.6. The second kappa shape index (κ2) is 7.75. The number of fused-ring (bicyclic) bond motifs is 1. The Labute approximate surface area is 177 Å². The van der Waals surface area contributed by atoms with Gasteiger partial charge in [0.25, 0.3) is 5.91 Å². The Morgan fingerprint density at radius 2 is 1.87 bits per heavy atom. The third-order valence-electron chi connectivity index (χ3n) is 5.25. The van der Waals surface area contributed by atoms with Crippen LogP contribution in [-0.4, -0.2) is 46.5 Å². The lowest BCUT2D eigenvalue weighted by molar-refractivity contribution is 0.0303. The summed E-state index contributed by atoms with van der Waals surface area (Å²) >= 11 is 1.55. The van der Waals surface area contributed by atoms with E-state index in [0.717, 1.165) is 27.5 Å². The Morgan fingerprint density at radius 3 is 2.63 bits per heavy atom. The number of ether oxygens (including phenoxy) is 1. The number of nitriles is 1. The monoisotopic (exact) mass is 414 g/mol. The maximum absolute atomic E-state index is 13.1. The SMILES string of the molecule is N#Cc1ccc(-c2csc3nc(-c4ccccc4C(=O)N4CCOCC4)cn23)cc1. The van der Waals surface area contributed by atoms with Crippen LogP contribution in [0.25, 0.3) is 27.5 Å². The van der Waals surface area contributed by atoms with Crippen LogP contribution >= 0.6 is 11.3 Å². The van der Waals surface area contributed by atoms with Gasteiger partial charge in [-0.25, -0.2) is 4.98 Å². The van der Waals surface area contributed by atoms with E-state index >= 15 is 0 Å². The van der Waals surface area contributed by atoms with E-state index in [1.54, 1.807) is 11.3 Å². The average molecular weight is 414 g/mol. The molecule has 148 valence electrons. The van der Waals surface area contributed by atoms with Gasteiger partial charge in [0, 0.05) is 35.8 Å². The molecule has 0 saturated carbocycles. The molecule has 1 saturated heterocycles. The molecule has 2 aromatic heterocycles. The molecular weight excluding hydrogens is 396 g/mol. The van der Waals surface area contributed by atoms with Crippen LogP contribution in [0.15, 0.2) is 60.1 Å². The summed E-state index contributed by atoms with van der Waals surface area (Å²) in [5.41, 5.74) is 4.92. The number of carbonyl (C=O) groups excluding carboxylic acids is 1. The van der Waals surface area contributed by atoms with Crippen LogP contribution in [0.4, 0.5) is 0 Å². The standard InChI is InChI=1S/C23H18N4O2S/c24-13-16-5-7-17(8-6-16)21-15-30-23-25-20(14-27(21)23)18-3-1-2-4-19(18)22(28)26-9-11-29-12-10-26/h1-8,14-15H,9-12H2. The van der Waals surface area contributed by atoms with Gasteiger partial charge in [-0.1, -0.05) is 30.3 Å². The fourth-order valence-corrected chi connectivity index (χ4v) is 4.55. The maximum Gasteiger partial charge on any atom is 0.254 e. The largest absolute Gasteiger partial charge is 0.378 e. The number of nitrogens with zero attached hydrogens (tertiary/aromatic N) is 4. The van der Waals surface area contributed by atoms with Crippen molar-refractivity contribution in [3.8, 4) is 28.6 Å². The van der Waals surface area contributed by atoms with Gasteiger partial charge in [0.15, 0.2) is 4.96 Å². The Balaban J connectivity index is 1.54. The summed E-state index contributed by atoms with van der Waals surface area (Å²) < 4.78 is 7.41. The molecule has 2 aromatic carbocycles. The molecule has 1 amide bonds. The van der Waals surface area contributed by atoms with Crippen LogP contribution in [0.3, 0.4) is 0 Å². The van der Waals surface area contributed by atoms with Crippen LogP contribution in [0, 0.1) is 11.3 Å². The molecule has 0 unspecified atom stereocenters. The van der Waals surface area contributed by atoms with E-state index in [-0.39, 0.29) is 5.91 Å².